The number of hydrogen-bond acceptors (Lipinski definition) is 4. The van der Waals surface area contributed by atoms with E-state index in [0.717, 1.165) is 0 Å². The molecular weight excluding hydrogens is 222 g/mol. The number of rotatable bonds is 8. The Balaban J connectivity index is 3.60. The van der Waals surface area contributed by atoms with Gasteiger partial charge in [0.1, 0.15) is 0 Å². The second kappa shape index (κ2) is 8.98. The van der Waals surface area contributed by atoms with Gasteiger partial charge in [0.25, 0.3) is 0 Å². The minimum absolute atomic E-state index is 0.106. The molecule has 0 aliphatic rings. The molecule has 0 heterocycles. The largest absolute Gasteiger partial charge is 0.469 e. The third-order valence-corrected chi connectivity index (χ3v) is 2.03. The molecule has 0 aliphatic carbocycles. The van der Waals surface area contributed by atoms with Crippen LogP contribution in [0.1, 0.15) is 33.6 Å². The van der Waals surface area contributed by atoms with Gasteiger partial charge in [0.15, 0.2) is 0 Å². The van der Waals surface area contributed by atoms with E-state index in [9.17, 15) is 9.59 Å². The van der Waals surface area contributed by atoms with E-state index in [1.807, 2.05) is 0 Å². The fourth-order valence-corrected chi connectivity index (χ4v) is 1.22. The van der Waals surface area contributed by atoms with Gasteiger partial charge in [-0.1, -0.05) is 13.8 Å². The molecule has 1 N–H and O–H groups in total. The molecule has 1 unspecified atom stereocenters. The van der Waals surface area contributed by atoms with E-state index < -0.39 is 0 Å². The molecule has 0 fully saturated rings. The lowest BCUT2D eigenvalue weighted by Gasteiger charge is -2.12. The van der Waals surface area contributed by atoms with Crippen LogP contribution >= 0.6 is 0 Å². The zero-order valence-electron chi connectivity index (χ0n) is 11.1. The number of nitrogens with one attached hydrogen (secondary N) is 1. The van der Waals surface area contributed by atoms with Gasteiger partial charge in [-0.2, -0.15) is 0 Å². The molecule has 0 rings (SSSR count). The number of amides is 1. The summed E-state index contributed by atoms with van der Waals surface area (Å²) in [5.41, 5.74) is 0. The van der Waals surface area contributed by atoms with Gasteiger partial charge in [-0.25, -0.2) is 0 Å². The van der Waals surface area contributed by atoms with Crippen LogP contribution in [0, 0.1) is 5.92 Å². The van der Waals surface area contributed by atoms with Crippen LogP contribution in [0.25, 0.3) is 0 Å². The quantitative estimate of drug-likeness (QED) is 0.514. The van der Waals surface area contributed by atoms with Crippen molar-refractivity contribution in [1.29, 1.82) is 0 Å². The lowest BCUT2D eigenvalue weighted by molar-refractivity contribution is -0.141. The molecule has 1 atom stereocenters. The van der Waals surface area contributed by atoms with Crippen molar-refractivity contribution in [3.63, 3.8) is 0 Å². The monoisotopic (exact) mass is 245 g/mol. The SMILES string of the molecule is COC(=O)CC(C)NC(=O)CCOCC(C)C. The molecule has 0 spiro atoms. The van der Waals surface area contributed by atoms with Crippen LogP contribution in [0.3, 0.4) is 0 Å². The van der Waals surface area contributed by atoms with E-state index in [1.54, 1.807) is 6.92 Å². The van der Waals surface area contributed by atoms with Crippen molar-refractivity contribution in [2.45, 2.75) is 39.7 Å². The number of carbonyl (C=O) groups is 2. The van der Waals surface area contributed by atoms with Crippen molar-refractivity contribution < 1.29 is 19.1 Å². The maximum atomic E-state index is 11.4. The summed E-state index contributed by atoms with van der Waals surface area (Å²) < 4.78 is 9.81. The first-order valence-electron chi connectivity index (χ1n) is 5.89. The Labute approximate surface area is 103 Å². The highest BCUT2D eigenvalue weighted by atomic mass is 16.5. The predicted molar refractivity (Wildman–Crippen MR) is 64.5 cm³/mol. The van der Waals surface area contributed by atoms with Gasteiger partial charge in [-0.15, -0.1) is 0 Å². The Morgan fingerprint density at radius 3 is 2.41 bits per heavy atom. The number of methoxy groups -OCH3 is 1. The van der Waals surface area contributed by atoms with Crippen molar-refractivity contribution in [1.82, 2.24) is 5.32 Å². The van der Waals surface area contributed by atoms with Crippen LogP contribution < -0.4 is 5.32 Å². The first kappa shape index (κ1) is 15.9. The lowest BCUT2D eigenvalue weighted by Crippen LogP contribution is -2.35. The summed E-state index contributed by atoms with van der Waals surface area (Å²) in [6, 6.07) is -0.208. The van der Waals surface area contributed by atoms with Crippen LogP contribution in [0.5, 0.6) is 0 Å². The molecule has 0 radical (unpaired) electrons. The molecule has 1 amide bonds. The molecular formula is C12H23NO4. The Morgan fingerprint density at radius 2 is 1.88 bits per heavy atom. The predicted octanol–water partition coefficient (Wildman–Crippen LogP) is 1.12. The molecule has 17 heavy (non-hydrogen) atoms. The van der Waals surface area contributed by atoms with Gasteiger partial charge < -0.3 is 14.8 Å². The third kappa shape index (κ3) is 9.81. The van der Waals surface area contributed by atoms with E-state index in [2.05, 4.69) is 23.9 Å². The van der Waals surface area contributed by atoms with Gasteiger partial charge in [0, 0.05) is 19.1 Å². The molecule has 0 aliphatic heterocycles. The zero-order chi connectivity index (χ0) is 13.3. The Bertz CT molecular complexity index is 241. The van der Waals surface area contributed by atoms with Gasteiger partial charge >= 0.3 is 5.97 Å². The molecule has 0 saturated carbocycles. The number of esters is 1. The van der Waals surface area contributed by atoms with Crippen molar-refractivity contribution in [2.24, 2.45) is 5.92 Å². The van der Waals surface area contributed by atoms with Crippen LogP contribution in [-0.2, 0) is 19.1 Å². The molecule has 0 aromatic carbocycles. The van der Waals surface area contributed by atoms with E-state index in [4.69, 9.17) is 4.74 Å². The summed E-state index contributed by atoms with van der Waals surface area (Å²) >= 11 is 0. The summed E-state index contributed by atoms with van der Waals surface area (Å²) in [6.07, 6.45) is 0.507. The summed E-state index contributed by atoms with van der Waals surface area (Å²) in [5, 5.41) is 2.71. The van der Waals surface area contributed by atoms with E-state index >= 15 is 0 Å². The number of hydrogen-bond donors (Lipinski definition) is 1. The third-order valence-electron chi connectivity index (χ3n) is 2.03. The highest BCUT2D eigenvalue weighted by molar-refractivity contribution is 5.77. The summed E-state index contributed by atoms with van der Waals surface area (Å²) in [6.45, 7) is 6.95. The van der Waals surface area contributed by atoms with Crippen LogP contribution in [-0.4, -0.2) is 38.2 Å². The van der Waals surface area contributed by atoms with Gasteiger partial charge in [0.2, 0.25) is 5.91 Å². The maximum Gasteiger partial charge on any atom is 0.307 e. The van der Waals surface area contributed by atoms with E-state index in [-0.39, 0.29) is 24.3 Å². The molecule has 100 valence electrons. The molecule has 0 aromatic heterocycles. The summed E-state index contributed by atoms with van der Waals surface area (Å²) in [7, 11) is 1.33. The second-order valence-electron chi connectivity index (χ2n) is 4.47. The first-order valence-corrected chi connectivity index (χ1v) is 5.89. The van der Waals surface area contributed by atoms with Crippen molar-refractivity contribution >= 4 is 11.9 Å². The average Bonchev–Trinajstić information content (AvgIpc) is 2.23. The molecule has 0 bridgehead atoms. The van der Waals surface area contributed by atoms with Crippen LogP contribution in [0.4, 0.5) is 0 Å². The minimum Gasteiger partial charge on any atom is -0.469 e. The second-order valence-corrected chi connectivity index (χ2v) is 4.47. The fraction of sp³-hybridized carbons (Fsp3) is 0.833. The lowest BCUT2D eigenvalue weighted by atomic mass is 10.2. The Morgan fingerprint density at radius 1 is 1.24 bits per heavy atom. The number of carbonyl (C=O) groups excluding carboxylic acids is 2. The molecule has 5 heteroatoms. The highest BCUT2D eigenvalue weighted by Crippen LogP contribution is 1.96. The van der Waals surface area contributed by atoms with Crippen LogP contribution in [0.15, 0.2) is 0 Å². The van der Waals surface area contributed by atoms with Crippen LogP contribution in [0.2, 0.25) is 0 Å². The normalized spacial score (nSPS) is 12.3. The van der Waals surface area contributed by atoms with Crippen molar-refractivity contribution in [3.8, 4) is 0 Å². The number of ether oxygens (including phenoxy) is 2. The van der Waals surface area contributed by atoms with Crippen molar-refractivity contribution in [2.75, 3.05) is 20.3 Å². The fourth-order valence-electron chi connectivity index (χ4n) is 1.22. The van der Waals surface area contributed by atoms with E-state index in [1.165, 1.54) is 7.11 Å². The minimum atomic E-state index is -0.325. The Kier molecular flexibility index (Phi) is 8.40. The summed E-state index contributed by atoms with van der Waals surface area (Å²) in [4.78, 5) is 22.4. The van der Waals surface area contributed by atoms with Gasteiger partial charge in [0.05, 0.1) is 20.1 Å². The standard InChI is InChI=1S/C12H23NO4/c1-9(2)8-17-6-5-11(14)13-10(3)7-12(15)16-4/h9-10H,5-8H2,1-4H3,(H,13,14). The zero-order valence-corrected chi connectivity index (χ0v) is 11.1. The summed E-state index contributed by atoms with van der Waals surface area (Å²) in [5.74, 6) is 0.0373. The maximum absolute atomic E-state index is 11.4. The first-order chi connectivity index (χ1) is 7.95. The highest BCUT2D eigenvalue weighted by Gasteiger charge is 2.11. The topological polar surface area (TPSA) is 64.6 Å². The molecule has 0 aromatic rings. The Hall–Kier alpha value is -1.10. The average molecular weight is 245 g/mol. The smallest absolute Gasteiger partial charge is 0.307 e. The van der Waals surface area contributed by atoms with Gasteiger partial charge in [-0.3, -0.25) is 9.59 Å². The molecule has 5 nitrogen and oxygen atoms in total. The van der Waals surface area contributed by atoms with Crippen molar-refractivity contribution in [3.05, 3.63) is 0 Å². The molecule has 0 saturated heterocycles. The van der Waals surface area contributed by atoms with E-state index in [0.29, 0.717) is 25.6 Å². The van der Waals surface area contributed by atoms with Gasteiger partial charge in [-0.05, 0) is 12.8 Å².